The second-order valence-electron chi connectivity index (χ2n) is 6.13. The van der Waals surface area contributed by atoms with Crippen LogP contribution in [-0.2, 0) is 6.54 Å². The van der Waals surface area contributed by atoms with E-state index in [9.17, 15) is 0 Å². The van der Waals surface area contributed by atoms with Crippen LogP contribution < -0.4 is 10.2 Å². The van der Waals surface area contributed by atoms with E-state index in [1.54, 1.807) is 0 Å². The Kier molecular flexibility index (Phi) is 5.44. The lowest BCUT2D eigenvalue weighted by Gasteiger charge is -2.29. The van der Waals surface area contributed by atoms with E-state index in [1.165, 1.54) is 29.7 Å². The number of nitrogens with one attached hydrogen (secondary N) is 1. The lowest BCUT2D eigenvalue weighted by atomic mass is 10.1. The predicted octanol–water partition coefficient (Wildman–Crippen LogP) is 2.84. The highest BCUT2D eigenvalue weighted by atomic mass is 16.3. The quantitative estimate of drug-likeness (QED) is 0.766. The second-order valence-corrected chi connectivity index (χ2v) is 6.13. The van der Waals surface area contributed by atoms with Crippen molar-refractivity contribution in [3.63, 3.8) is 0 Å². The zero-order valence-corrected chi connectivity index (χ0v) is 13.0. The predicted molar refractivity (Wildman–Crippen MR) is 85.2 cm³/mol. The molecule has 20 heavy (non-hydrogen) atoms. The topological polar surface area (TPSA) is 35.5 Å². The molecule has 112 valence electrons. The van der Waals surface area contributed by atoms with Gasteiger partial charge in [0.25, 0.3) is 0 Å². The molecule has 0 aromatic heterocycles. The molecule has 0 amide bonds. The maximum absolute atomic E-state index is 9.04. The molecule has 3 nitrogen and oxygen atoms in total. The molecule has 1 aromatic rings. The third-order valence-corrected chi connectivity index (χ3v) is 4.00. The maximum atomic E-state index is 9.04. The summed E-state index contributed by atoms with van der Waals surface area (Å²) in [6.45, 7) is 8.75. The third-order valence-electron chi connectivity index (χ3n) is 4.00. The molecule has 0 bridgehead atoms. The van der Waals surface area contributed by atoms with Crippen LogP contribution in [0.2, 0.25) is 0 Å². The lowest BCUT2D eigenvalue weighted by Crippen LogP contribution is -2.32. The van der Waals surface area contributed by atoms with E-state index in [1.807, 2.05) is 0 Å². The van der Waals surface area contributed by atoms with E-state index in [-0.39, 0.29) is 6.61 Å². The molecule has 0 aliphatic heterocycles. The van der Waals surface area contributed by atoms with Crippen molar-refractivity contribution in [1.82, 2.24) is 5.32 Å². The Hall–Kier alpha value is -1.06. The Morgan fingerprint density at radius 1 is 1.35 bits per heavy atom. The number of anilines is 1. The van der Waals surface area contributed by atoms with Crippen molar-refractivity contribution < 1.29 is 5.11 Å². The van der Waals surface area contributed by atoms with Gasteiger partial charge in [-0.3, -0.25) is 0 Å². The van der Waals surface area contributed by atoms with Crippen molar-refractivity contribution in [3.8, 4) is 0 Å². The molecule has 1 aliphatic carbocycles. The summed E-state index contributed by atoms with van der Waals surface area (Å²) in [5.41, 5.74) is 4.01. The van der Waals surface area contributed by atoms with Crippen molar-refractivity contribution in [3.05, 3.63) is 29.3 Å². The summed E-state index contributed by atoms with van der Waals surface area (Å²) >= 11 is 0. The molecule has 1 fully saturated rings. The molecule has 2 N–H and O–H groups in total. The van der Waals surface area contributed by atoms with Crippen LogP contribution in [0, 0.1) is 6.92 Å². The summed E-state index contributed by atoms with van der Waals surface area (Å²) < 4.78 is 0. The first kappa shape index (κ1) is 15.3. The normalized spacial score (nSPS) is 14.8. The number of hydrogen-bond acceptors (Lipinski definition) is 3. The molecule has 0 heterocycles. The third kappa shape index (κ3) is 4.22. The fraction of sp³-hybridized carbons (Fsp3) is 0.647. The largest absolute Gasteiger partial charge is 0.396 e. The first-order valence-electron chi connectivity index (χ1n) is 7.82. The summed E-state index contributed by atoms with van der Waals surface area (Å²) in [7, 11) is 0. The molecule has 0 saturated heterocycles. The van der Waals surface area contributed by atoms with Gasteiger partial charge in [0.05, 0.1) is 0 Å². The molecular weight excluding hydrogens is 248 g/mol. The highest BCUT2D eigenvalue weighted by molar-refractivity contribution is 5.51. The van der Waals surface area contributed by atoms with E-state index < -0.39 is 0 Å². The van der Waals surface area contributed by atoms with Crippen LogP contribution in [0.15, 0.2) is 18.2 Å². The highest BCUT2D eigenvalue weighted by Crippen LogP contribution is 2.23. The molecule has 1 aliphatic rings. The first-order valence-corrected chi connectivity index (χ1v) is 7.82. The van der Waals surface area contributed by atoms with Gasteiger partial charge in [-0.1, -0.05) is 6.07 Å². The monoisotopic (exact) mass is 276 g/mol. The summed E-state index contributed by atoms with van der Waals surface area (Å²) in [5.74, 6) is 0. The standard InChI is InChI=1S/C17H28N2O/c1-13(2)19(9-4-10-20)17-8-5-15(14(3)11-17)12-18-16-6-7-16/h5,8,11,13,16,18,20H,4,6-7,9-10,12H2,1-3H3. The zero-order chi connectivity index (χ0) is 14.5. The highest BCUT2D eigenvalue weighted by Gasteiger charge is 2.20. The van der Waals surface area contributed by atoms with Gasteiger partial charge in [-0.25, -0.2) is 0 Å². The number of aryl methyl sites for hydroxylation is 1. The van der Waals surface area contributed by atoms with E-state index in [0.717, 1.165) is 25.6 Å². The van der Waals surface area contributed by atoms with Gasteiger partial charge < -0.3 is 15.3 Å². The number of nitrogens with zero attached hydrogens (tertiary/aromatic N) is 1. The van der Waals surface area contributed by atoms with Crippen LogP contribution in [0.4, 0.5) is 5.69 Å². The molecule has 0 atom stereocenters. The van der Waals surface area contributed by atoms with Gasteiger partial charge in [0.15, 0.2) is 0 Å². The van der Waals surface area contributed by atoms with Gasteiger partial charge in [0, 0.05) is 37.5 Å². The van der Waals surface area contributed by atoms with Gasteiger partial charge >= 0.3 is 0 Å². The fourth-order valence-corrected chi connectivity index (χ4v) is 2.53. The van der Waals surface area contributed by atoms with Gasteiger partial charge in [-0.05, 0) is 63.3 Å². The average Bonchev–Trinajstić information content (AvgIpc) is 3.22. The Labute approximate surface area is 123 Å². The summed E-state index contributed by atoms with van der Waals surface area (Å²) in [4.78, 5) is 2.36. The zero-order valence-electron chi connectivity index (χ0n) is 13.0. The molecule has 0 unspecified atom stereocenters. The number of hydrogen-bond donors (Lipinski definition) is 2. The van der Waals surface area contributed by atoms with Gasteiger partial charge in [0.1, 0.15) is 0 Å². The number of aliphatic hydroxyl groups is 1. The smallest absolute Gasteiger partial charge is 0.0447 e. The van der Waals surface area contributed by atoms with Crippen LogP contribution in [0.1, 0.15) is 44.2 Å². The Morgan fingerprint density at radius 2 is 2.10 bits per heavy atom. The molecule has 0 radical (unpaired) electrons. The molecule has 3 heteroatoms. The molecule has 1 aromatic carbocycles. The Morgan fingerprint density at radius 3 is 2.65 bits per heavy atom. The van der Waals surface area contributed by atoms with E-state index in [4.69, 9.17) is 5.11 Å². The van der Waals surface area contributed by atoms with Gasteiger partial charge in [-0.15, -0.1) is 0 Å². The first-order chi connectivity index (χ1) is 9.61. The van der Waals surface area contributed by atoms with Crippen LogP contribution in [0.25, 0.3) is 0 Å². The van der Waals surface area contributed by atoms with Gasteiger partial charge in [0.2, 0.25) is 0 Å². The minimum absolute atomic E-state index is 0.256. The van der Waals surface area contributed by atoms with E-state index in [0.29, 0.717) is 6.04 Å². The number of aliphatic hydroxyl groups excluding tert-OH is 1. The van der Waals surface area contributed by atoms with Crippen molar-refractivity contribution >= 4 is 5.69 Å². The van der Waals surface area contributed by atoms with Crippen LogP contribution in [-0.4, -0.2) is 30.3 Å². The minimum Gasteiger partial charge on any atom is -0.396 e. The summed E-state index contributed by atoms with van der Waals surface area (Å²) in [6, 6.07) is 7.95. The van der Waals surface area contributed by atoms with Crippen molar-refractivity contribution in [2.75, 3.05) is 18.1 Å². The minimum atomic E-state index is 0.256. The molecule has 1 saturated carbocycles. The fourth-order valence-electron chi connectivity index (χ4n) is 2.53. The van der Waals surface area contributed by atoms with Crippen LogP contribution in [0.3, 0.4) is 0 Å². The maximum Gasteiger partial charge on any atom is 0.0447 e. The second kappa shape index (κ2) is 7.09. The average molecular weight is 276 g/mol. The van der Waals surface area contributed by atoms with Crippen molar-refractivity contribution in [1.29, 1.82) is 0 Å². The van der Waals surface area contributed by atoms with Crippen LogP contribution >= 0.6 is 0 Å². The van der Waals surface area contributed by atoms with E-state index in [2.05, 4.69) is 49.2 Å². The lowest BCUT2D eigenvalue weighted by molar-refractivity contribution is 0.288. The van der Waals surface area contributed by atoms with Crippen molar-refractivity contribution in [2.45, 2.75) is 58.7 Å². The Balaban J connectivity index is 2.04. The molecule has 2 rings (SSSR count). The Bertz CT molecular complexity index is 427. The van der Waals surface area contributed by atoms with Gasteiger partial charge in [-0.2, -0.15) is 0 Å². The SMILES string of the molecule is Cc1cc(N(CCCO)C(C)C)ccc1CNC1CC1. The summed E-state index contributed by atoms with van der Waals surface area (Å²) in [6.07, 6.45) is 3.49. The van der Waals surface area contributed by atoms with Crippen LogP contribution in [0.5, 0.6) is 0 Å². The van der Waals surface area contributed by atoms with E-state index >= 15 is 0 Å². The number of benzene rings is 1. The molecule has 0 spiro atoms. The number of rotatable bonds is 8. The summed E-state index contributed by atoms with van der Waals surface area (Å²) in [5, 5.41) is 12.6. The van der Waals surface area contributed by atoms with Crippen molar-refractivity contribution in [2.24, 2.45) is 0 Å². The molecular formula is C17H28N2O.